The van der Waals surface area contributed by atoms with Crippen molar-refractivity contribution >= 4 is 29.8 Å². The minimum Gasteiger partial charge on any atom is -0.208 e. The van der Waals surface area contributed by atoms with Crippen LogP contribution in [0.5, 0.6) is 0 Å². The lowest BCUT2D eigenvalue weighted by Gasteiger charge is -2.16. The predicted molar refractivity (Wildman–Crippen MR) is 78.8 cm³/mol. The lowest BCUT2D eigenvalue weighted by atomic mass is 10.1. The first-order chi connectivity index (χ1) is 9.20. The lowest BCUT2D eigenvalue weighted by molar-refractivity contribution is 0.512. The Labute approximate surface area is 124 Å². The van der Waals surface area contributed by atoms with E-state index in [0.29, 0.717) is 6.42 Å². The van der Waals surface area contributed by atoms with Gasteiger partial charge in [0.1, 0.15) is 0 Å². The molecule has 20 heavy (non-hydrogen) atoms. The molecule has 114 valence electrons. The first-order valence-electron chi connectivity index (χ1n) is 6.27. The molecule has 0 aromatic heterocycles. The van der Waals surface area contributed by atoms with Gasteiger partial charge in [0.15, 0.2) is 0 Å². The van der Waals surface area contributed by atoms with Crippen molar-refractivity contribution in [2.75, 3.05) is 0 Å². The Morgan fingerprint density at radius 3 is 1.95 bits per heavy atom. The Morgan fingerprint density at radius 2 is 1.55 bits per heavy atom. The minimum absolute atomic E-state index is 0.0242. The molecule has 1 aromatic rings. The highest BCUT2D eigenvalue weighted by Gasteiger charge is 2.19. The van der Waals surface area contributed by atoms with Gasteiger partial charge in [-0.15, -0.1) is 0 Å². The zero-order valence-electron chi connectivity index (χ0n) is 11.3. The van der Waals surface area contributed by atoms with Crippen LogP contribution in [0.25, 0.3) is 0 Å². The highest BCUT2D eigenvalue weighted by atomic mass is 35.7. The quantitative estimate of drug-likeness (QED) is 0.774. The van der Waals surface area contributed by atoms with E-state index in [1.807, 2.05) is 13.8 Å². The standard InChI is InChI=1S/C12H18ClNO4S2/c1-3-5-10(4-2)14-20(17,18)12-8-6-11(7-9-12)19(13,15)16/h6-10,14H,3-5H2,1-2H3. The molecule has 0 aliphatic heterocycles. The van der Waals surface area contributed by atoms with Crippen molar-refractivity contribution < 1.29 is 16.8 Å². The summed E-state index contributed by atoms with van der Waals surface area (Å²) in [7, 11) is -2.31. The van der Waals surface area contributed by atoms with Gasteiger partial charge in [0.05, 0.1) is 9.79 Å². The van der Waals surface area contributed by atoms with Gasteiger partial charge in [-0.2, -0.15) is 0 Å². The molecule has 1 rings (SSSR count). The molecule has 0 heterocycles. The smallest absolute Gasteiger partial charge is 0.208 e. The minimum atomic E-state index is -3.84. The van der Waals surface area contributed by atoms with Crippen molar-refractivity contribution in [1.82, 2.24) is 4.72 Å². The fraction of sp³-hybridized carbons (Fsp3) is 0.500. The molecule has 1 unspecified atom stereocenters. The van der Waals surface area contributed by atoms with E-state index in [9.17, 15) is 16.8 Å². The molecule has 0 amide bonds. The van der Waals surface area contributed by atoms with Crippen LogP contribution < -0.4 is 4.72 Å². The monoisotopic (exact) mass is 339 g/mol. The van der Waals surface area contributed by atoms with Crippen LogP contribution in [0.1, 0.15) is 33.1 Å². The van der Waals surface area contributed by atoms with Crippen LogP contribution in [-0.2, 0) is 19.1 Å². The average Bonchev–Trinajstić information content (AvgIpc) is 2.37. The van der Waals surface area contributed by atoms with Crippen molar-refractivity contribution in [3.05, 3.63) is 24.3 Å². The highest BCUT2D eigenvalue weighted by molar-refractivity contribution is 8.13. The number of hydrogen-bond donors (Lipinski definition) is 1. The summed E-state index contributed by atoms with van der Waals surface area (Å²) in [4.78, 5) is -0.102. The molecule has 1 atom stereocenters. The molecular formula is C12H18ClNO4S2. The first-order valence-corrected chi connectivity index (χ1v) is 10.1. The average molecular weight is 340 g/mol. The molecule has 0 saturated carbocycles. The topological polar surface area (TPSA) is 80.3 Å². The number of rotatable bonds is 7. The summed E-state index contributed by atoms with van der Waals surface area (Å²) >= 11 is 0. The predicted octanol–water partition coefficient (Wildman–Crippen LogP) is 2.47. The summed E-state index contributed by atoms with van der Waals surface area (Å²) in [5, 5.41) is 0. The van der Waals surface area contributed by atoms with Crippen LogP contribution in [0.4, 0.5) is 0 Å². The van der Waals surface area contributed by atoms with E-state index in [0.717, 1.165) is 12.8 Å². The third-order valence-corrected chi connectivity index (χ3v) is 5.77. The summed E-state index contributed by atoms with van der Waals surface area (Å²) in [6.45, 7) is 3.89. The van der Waals surface area contributed by atoms with Gasteiger partial charge in [-0.1, -0.05) is 20.3 Å². The number of benzene rings is 1. The van der Waals surface area contributed by atoms with Crippen LogP contribution in [0.15, 0.2) is 34.1 Å². The molecular weight excluding hydrogens is 322 g/mol. The molecule has 1 aromatic carbocycles. The van der Waals surface area contributed by atoms with E-state index >= 15 is 0 Å². The second kappa shape index (κ2) is 6.89. The maximum absolute atomic E-state index is 12.1. The van der Waals surface area contributed by atoms with Crippen LogP contribution in [-0.4, -0.2) is 22.9 Å². The van der Waals surface area contributed by atoms with E-state index in [1.54, 1.807) is 0 Å². The molecule has 0 aliphatic carbocycles. The summed E-state index contributed by atoms with van der Waals surface area (Å²) in [5.41, 5.74) is 0. The lowest BCUT2D eigenvalue weighted by Crippen LogP contribution is -2.34. The Morgan fingerprint density at radius 1 is 1.05 bits per heavy atom. The fourth-order valence-electron chi connectivity index (χ4n) is 1.76. The summed E-state index contributed by atoms with van der Waals surface area (Å²) < 4.78 is 49.1. The van der Waals surface area contributed by atoms with Crippen LogP contribution >= 0.6 is 10.7 Å². The van der Waals surface area contributed by atoms with Gasteiger partial charge in [0.25, 0.3) is 9.05 Å². The van der Waals surface area contributed by atoms with Crippen molar-refractivity contribution in [3.63, 3.8) is 0 Å². The summed E-state index contributed by atoms with van der Waals surface area (Å²) in [6, 6.07) is 4.70. The molecule has 8 heteroatoms. The van der Waals surface area contributed by atoms with E-state index in [4.69, 9.17) is 10.7 Å². The Hall–Kier alpha value is -0.630. The van der Waals surface area contributed by atoms with Gasteiger partial charge < -0.3 is 0 Å². The van der Waals surface area contributed by atoms with Crippen LogP contribution in [0, 0.1) is 0 Å². The largest absolute Gasteiger partial charge is 0.261 e. The molecule has 0 bridgehead atoms. The molecule has 0 saturated heterocycles. The molecule has 1 N–H and O–H groups in total. The summed E-state index contributed by atoms with van der Waals surface area (Å²) in [6.07, 6.45) is 2.33. The van der Waals surface area contributed by atoms with Gasteiger partial charge in [-0.25, -0.2) is 21.6 Å². The van der Waals surface area contributed by atoms with Gasteiger partial charge in [0.2, 0.25) is 10.0 Å². The first kappa shape index (κ1) is 17.4. The van der Waals surface area contributed by atoms with E-state index in [1.165, 1.54) is 24.3 Å². The maximum Gasteiger partial charge on any atom is 0.261 e. The third kappa shape index (κ3) is 4.73. The molecule has 0 spiro atoms. The third-order valence-electron chi connectivity index (χ3n) is 2.87. The van der Waals surface area contributed by atoms with Crippen molar-refractivity contribution in [1.29, 1.82) is 0 Å². The molecule has 0 aliphatic rings. The zero-order valence-corrected chi connectivity index (χ0v) is 13.7. The number of sulfonamides is 1. The Kier molecular flexibility index (Phi) is 6.00. The Bertz CT molecular complexity index is 639. The zero-order chi connectivity index (χ0) is 15.4. The van der Waals surface area contributed by atoms with E-state index in [-0.39, 0.29) is 15.8 Å². The molecule has 5 nitrogen and oxygen atoms in total. The number of halogens is 1. The second-order valence-electron chi connectivity index (χ2n) is 4.42. The van der Waals surface area contributed by atoms with Gasteiger partial charge in [-0.05, 0) is 37.1 Å². The van der Waals surface area contributed by atoms with Crippen LogP contribution in [0.2, 0.25) is 0 Å². The molecule has 0 radical (unpaired) electrons. The summed E-state index contributed by atoms with van der Waals surface area (Å²) in [5.74, 6) is 0. The van der Waals surface area contributed by atoms with Crippen molar-refractivity contribution in [3.8, 4) is 0 Å². The number of hydrogen-bond acceptors (Lipinski definition) is 4. The van der Waals surface area contributed by atoms with Gasteiger partial charge in [0, 0.05) is 16.7 Å². The highest BCUT2D eigenvalue weighted by Crippen LogP contribution is 2.18. The second-order valence-corrected chi connectivity index (χ2v) is 8.70. The SMILES string of the molecule is CCCC(CC)NS(=O)(=O)c1ccc(S(=O)(=O)Cl)cc1. The van der Waals surface area contributed by atoms with Crippen molar-refractivity contribution in [2.45, 2.75) is 48.9 Å². The van der Waals surface area contributed by atoms with Crippen molar-refractivity contribution in [2.24, 2.45) is 0 Å². The normalized spacial score (nSPS) is 14.2. The van der Waals surface area contributed by atoms with Gasteiger partial charge >= 0.3 is 0 Å². The fourth-order valence-corrected chi connectivity index (χ4v) is 3.89. The number of nitrogens with one attached hydrogen (secondary N) is 1. The Balaban J connectivity index is 2.99. The molecule has 0 fully saturated rings. The van der Waals surface area contributed by atoms with Crippen LogP contribution in [0.3, 0.4) is 0 Å². The van der Waals surface area contributed by atoms with Gasteiger partial charge in [-0.3, -0.25) is 0 Å². The van der Waals surface area contributed by atoms with E-state index < -0.39 is 19.1 Å². The van der Waals surface area contributed by atoms with E-state index in [2.05, 4.69) is 4.72 Å². The maximum atomic E-state index is 12.1.